The van der Waals surface area contributed by atoms with E-state index in [1.807, 2.05) is 13.8 Å². The Kier molecular flexibility index (Phi) is 6.61. The average molecular weight is 356 g/mol. The van der Waals surface area contributed by atoms with Gasteiger partial charge in [-0.1, -0.05) is 13.8 Å². The van der Waals surface area contributed by atoms with E-state index in [0.29, 0.717) is 12.4 Å². The molecule has 7 heteroatoms. The Bertz CT molecular complexity index is 423. The van der Waals surface area contributed by atoms with Gasteiger partial charge in [0.1, 0.15) is 18.1 Å². The van der Waals surface area contributed by atoms with Crippen LogP contribution in [0.5, 0.6) is 11.5 Å². The Morgan fingerprint density at radius 2 is 1.85 bits per heavy atom. The highest BCUT2D eigenvalue weighted by Crippen LogP contribution is 2.33. The van der Waals surface area contributed by atoms with Crippen molar-refractivity contribution < 1.29 is 22.6 Å². The molecule has 0 amide bonds. The molecule has 1 rings (SSSR count). The van der Waals surface area contributed by atoms with Crippen molar-refractivity contribution in [2.24, 2.45) is 0 Å². The predicted molar refractivity (Wildman–Crippen MR) is 74.1 cm³/mol. The molecule has 0 aromatic heterocycles. The molecule has 114 valence electrons. The maximum Gasteiger partial charge on any atom is 0.573 e. The van der Waals surface area contributed by atoms with Crippen molar-refractivity contribution in [1.82, 2.24) is 4.90 Å². The third kappa shape index (κ3) is 6.00. The van der Waals surface area contributed by atoms with Crippen molar-refractivity contribution in [2.45, 2.75) is 20.2 Å². The van der Waals surface area contributed by atoms with Gasteiger partial charge in [0.05, 0.1) is 4.47 Å². The van der Waals surface area contributed by atoms with Crippen LogP contribution in [0.4, 0.5) is 13.2 Å². The molecule has 3 nitrogen and oxygen atoms in total. The molecule has 0 N–H and O–H groups in total. The molecule has 0 saturated heterocycles. The Hall–Kier alpha value is -0.950. The van der Waals surface area contributed by atoms with Crippen LogP contribution in [0, 0.1) is 0 Å². The molecular weight excluding hydrogens is 339 g/mol. The van der Waals surface area contributed by atoms with Crippen LogP contribution < -0.4 is 9.47 Å². The first-order valence-electron chi connectivity index (χ1n) is 6.26. The Morgan fingerprint density at radius 1 is 1.20 bits per heavy atom. The molecule has 1 aromatic carbocycles. The third-order valence-electron chi connectivity index (χ3n) is 2.70. The summed E-state index contributed by atoms with van der Waals surface area (Å²) in [5.74, 6) is 0.0393. The van der Waals surface area contributed by atoms with Gasteiger partial charge in [0.2, 0.25) is 0 Å². The second kappa shape index (κ2) is 7.73. The highest BCUT2D eigenvalue weighted by atomic mass is 79.9. The first-order valence-corrected chi connectivity index (χ1v) is 7.05. The zero-order valence-electron chi connectivity index (χ0n) is 11.3. The quantitative estimate of drug-likeness (QED) is 0.735. The van der Waals surface area contributed by atoms with Crippen molar-refractivity contribution >= 4 is 15.9 Å². The summed E-state index contributed by atoms with van der Waals surface area (Å²) >= 11 is 3.01. The van der Waals surface area contributed by atoms with Crippen molar-refractivity contribution in [3.63, 3.8) is 0 Å². The number of hydrogen-bond donors (Lipinski definition) is 0. The molecule has 0 unspecified atom stereocenters. The lowest BCUT2D eigenvalue weighted by atomic mass is 10.3. The van der Waals surface area contributed by atoms with Crippen molar-refractivity contribution in [2.75, 3.05) is 26.2 Å². The summed E-state index contributed by atoms with van der Waals surface area (Å²) in [6.07, 6.45) is -4.72. The first-order chi connectivity index (χ1) is 9.35. The van der Waals surface area contributed by atoms with Gasteiger partial charge in [-0.05, 0) is 41.2 Å². The van der Waals surface area contributed by atoms with Gasteiger partial charge < -0.3 is 14.4 Å². The number of alkyl halides is 3. The fourth-order valence-electron chi connectivity index (χ4n) is 1.61. The topological polar surface area (TPSA) is 21.7 Å². The molecular formula is C13H17BrF3NO2. The highest BCUT2D eigenvalue weighted by molar-refractivity contribution is 9.10. The lowest BCUT2D eigenvalue weighted by molar-refractivity contribution is -0.274. The largest absolute Gasteiger partial charge is 0.573 e. The average Bonchev–Trinajstić information content (AvgIpc) is 2.37. The molecule has 0 bridgehead atoms. The zero-order chi connectivity index (χ0) is 15.2. The standard InChI is InChI=1S/C13H17BrF3NO2/c1-3-18(4-2)7-8-19-10-5-6-11(14)12(9-10)20-13(15,16)17/h5-6,9H,3-4,7-8H2,1-2H3. The van der Waals surface area contributed by atoms with Gasteiger partial charge in [0.25, 0.3) is 0 Å². The summed E-state index contributed by atoms with van der Waals surface area (Å²) in [7, 11) is 0. The van der Waals surface area contributed by atoms with E-state index in [-0.39, 0.29) is 10.2 Å². The summed E-state index contributed by atoms with van der Waals surface area (Å²) in [6, 6.07) is 4.28. The number of ether oxygens (including phenoxy) is 2. The zero-order valence-corrected chi connectivity index (χ0v) is 12.9. The molecule has 0 fully saturated rings. The third-order valence-corrected chi connectivity index (χ3v) is 3.35. The minimum Gasteiger partial charge on any atom is -0.492 e. The predicted octanol–water partition coefficient (Wildman–Crippen LogP) is 4.07. The number of hydrogen-bond acceptors (Lipinski definition) is 3. The molecule has 0 aliphatic heterocycles. The van der Waals surface area contributed by atoms with Crippen LogP contribution in [0.2, 0.25) is 0 Å². The Morgan fingerprint density at radius 3 is 2.40 bits per heavy atom. The number of halogens is 4. The molecule has 0 radical (unpaired) electrons. The van der Waals surface area contributed by atoms with Gasteiger partial charge in [0, 0.05) is 12.6 Å². The van der Waals surface area contributed by atoms with Crippen LogP contribution in [0.3, 0.4) is 0 Å². The maximum atomic E-state index is 12.2. The highest BCUT2D eigenvalue weighted by Gasteiger charge is 2.32. The van der Waals surface area contributed by atoms with Crippen LogP contribution in [-0.4, -0.2) is 37.5 Å². The lowest BCUT2D eigenvalue weighted by Crippen LogP contribution is -2.27. The second-order valence-corrected chi connectivity index (χ2v) is 4.87. The van der Waals surface area contributed by atoms with Gasteiger partial charge in [-0.3, -0.25) is 0 Å². The van der Waals surface area contributed by atoms with Gasteiger partial charge >= 0.3 is 6.36 Å². The number of rotatable bonds is 7. The van der Waals surface area contributed by atoms with Crippen molar-refractivity contribution in [1.29, 1.82) is 0 Å². The van der Waals surface area contributed by atoms with E-state index in [4.69, 9.17) is 4.74 Å². The van der Waals surface area contributed by atoms with Crippen LogP contribution in [0.15, 0.2) is 22.7 Å². The number of nitrogens with zero attached hydrogens (tertiary/aromatic N) is 1. The SMILES string of the molecule is CCN(CC)CCOc1ccc(Br)c(OC(F)(F)F)c1. The molecule has 0 saturated carbocycles. The van der Waals surface area contributed by atoms with E-state index < -0.39 is 6.36 Å². The van der Waals surface area contributed by atoms with Gasteiger partial charge in [-0.15, -0.1) is 13.2 Å². The fourth-order valence-corrected chi connectivity index (χ4v) is 1.94. The monoisotopic (exact) mass is 355 g/mol. The lowest BCUT2D eigenvalue weighted by Gasteiger charge is -2.18. The molecule has 20 heavy (non-hydrogen) atoms. The summed E-state index contributed by atoms with van der Waals surface area (Å²) < 4.78 is 46.2. The van der Waals surface area contributed by atoms with Gasteiger partial charge in [-0.2, -0.15) is 0 Å². The minimum absolute atomic E-state index is 0.228. The smallest absolute Gasteiger partial charge is 0.492 e. The Labute approximate surface area is 124 Å². The van der Waals surface area contributed by atoms with Gasteiger partial charge in [-0.25, -0.2) is 0 Å². The molecule has 1 aromatic rings. The molecule has 0 spiro atoms. The van der Waals surface area contributed by atoms with E-state index in [0.717, 1.165) is 19.6 Å². The molecule has 0 atom stereocenters. The summed E-state index contributed by atoms with van der Waals surface area (Å²) in [5, 5.41) is 0. The summed E-state index contributed by atoms with van der Waals surface area (Å²) in [6.45, 7) is 7.02. The van der Waals surface area contributed by atoms with E-state index >= 15 is 0 Å². The first kappa shape index (κ1) is 17.1. The van der Waals surface area contributed by atoms with E-state index in [9.17, 15) is 13.2 Å². The fraction of sp³-hybridized carbons (Fsp3) is 0.538. The van der Waals surface area contributed by atoms with Gasteiger partial charge in [0.15, 0.2) is 0 Å². The van der Waals surface area contributed by atoms with Crippen molar-refractivity contribution in [3.05, 3.63) is 22.7 Å². The van der Waals surface area contributed by atoms with Crippen LogP contribution in [0.1, 0.15) is 13.8 Å². The molecule has 0 heterocycles. The van der Waals surface area contributed by atoms with Crippen LogP contribution in [0.25, 0.3) is 0 Å². The second-order valence-electron chi connectivity index (χ2n) is 4.02. The Balaban J connectivity index is 2.61. The summed E-state index contributed by atoms with van der Waals surface area (Å²) in [4.78, 5) is 2.16. The summed E-state index contributed by atoms with van der Waals surface area (Å²) in [5.41, 5.74) is 0. The van der Waals surface area contributed by atoms with E-state index in [1.165, 1.54) is 12.1 Å². The molecule has 0 aliphatic carbocycles. The maximum absolute atomic E-state index is 12.2. The van der Waals surface area contributed by atoms with Crippen LogP contribution in [-0.2, 0) is 0 Å². The normalized spacial score (nSPS) is 11.8. The van der Waals surface area contributed by atoms with E-state index in [1.54, 1.807) is 6.07 Å². The number of benzene rings is 1. The minimum atomic E-state index is -4.72. The van der Waals surface area contributed by atoms with Crippen molar-refractivity contribution in [3.8, 4) is 11.5 Å². The molecule has 0 aliphatic rings. The van der Waals surface area contributed by atoms with Crippen LogP contribution >= 0.6 is 15.9 Å². The van der Waals surface area contributed by atoms with E-state index in [2.05, 4.69) is 25.6 Å². The number of likely N-dealkylation sites (N-methyl/N-ethyl adjacent to an activating group) is 1.